The molecule has 2 aromatic rings. The number of aliphatic hydroxyl groups is 3. The molecule has 0 aromatic heterocycles. The molecule has 1 saturated heterocycles. The normalized spacial score (nSPS) is 19.5. The fourth-order valence-corrected chi connectivity index (χ4v) is 5.80. The minimum atomic E-state index is -1.55. The zero-order valence-corrected chi connectivity index (χ0v) is 31.0. The molecule has 0 spiro atoms. The quantitative estimate of drug-likeness (QED) is 0.0906. The van der Waals surface area contributed by atoms with Gasteiger partial charge in [0.25, 0.3) is 0 Å². The molecule has 5 N–H and O–H groups in total. The molecular formula is C37H48N2O15. The predicted octanol–water partition coefficient (Wildman–Crippen LogP) is 0.867. The number of carbonyl (C=O) groups excluding carboxylic acids is 6. The van der Waals surface area contributed by atoms with Crippen LogP contribution in [-0.2, 0) is 60.5 Å². The number of rotatable bonds is 16. The molecule has 5 atom stereocenters. The summed E-state index contributed by atoms with van der Waals surface area (Å²) in [7, 11) is 0. The van der Waals surface area contributed by atoms with E-state index in [1.54, 1.807) is 12.1 Å². The Kier molecular flexibility index (Phi) is 15.9. The molecule has 1 aliphatic heterocycles. The molecule has 1 aliphatic rings. The monoisotopic (exact) mass is 760 g/mol. The minimum Gasteiger partial charge on any atom is -0.463 e. The van der Waals surface area contributed by atoms with E-state index in [4.69, 9.17) is 28.4 Å². The zero-order valence-electron chi connectivity index (χ0n) is 31.0. The van der Waals surface area contributed by atoms with Crippen molar-refractivity contribution in [3.05, 3.63) is 64.2 Å². The summed E-state index contributed by atoms with van der Waals surface area (Å²) < 4.78 is 33.9. The number of urea groups is 1. The van der Waals surface area contributed by atoms with Crippen molar-refractivity contribution < 1.29 is 72.5 Å². The first kappa shape index (κ1) is 43.3. The Balaban J connectivity index is 1.97. The number of benzene rings is 2. The van der Waals surface area contributed by atoms with Crippen LogP contribution in [0.1, 0.15) is 68.5 Å². The standard InChI is InChI=1S/C37H48N2O15/c1-20-13-30(50-22(3)44)29(15-28(20)14-27-9-7-26(8-10-27)11-12-38-36(48)39-37(17-40,18-41)19-42)32-34(52-24(5)46)35(53-25(6)47)33(51-23(4)45)31(54-32)16-49-21(2)43/h7-10,13,15,31-35,40-42H,11-12,14,16-19H2,1-6H3,(H2,38,39,48)/t31-,32+,33-,34+,35+/m1/s1. The Bertz CT molecular complexity index is 1650. The number of carbonyl (C=O) groups is 6. The first-order valence-electron chi connectivity index (χ1n) is 17.1. The molecule has 1 heterocycles. The number of aryl methyl sites for hydroxylation is 1. The molecule has 296 valence electrons. The van der Waals surface area contributed by atoms with Gasteiger partial charge in [-0.2, -0.15) is 0 Å². The van der Waals surface area contributed by atoms with Crippen LogP contribution in [0, 0.1) is 6.92 Å². The highest BCUT2D eigenvalue weighted by molar-refractivity contribution is 5.75. The van der Waals surface area contributed by atoms with Gasteiger partial charge in [0.05, 0.1) is 19.8 Å². The molecule has 1 fully saturated rings. The van der Waals surface area contributed by atoms with E-state index in [2.05, 4.69) is 10.6 Å². The Hall–Kier alpha value is -5.10. The van der Waals surface area contributed by atoms with Crippen molar-refractivity contribution in [1.82, 2.24) is 10.6 Å². The lowest BCUT2D eigenvalue weighted by molar-refractivity contribution is -0.254. The summed E-state index contributed by atoms with van der Waals surface area (Å²) >= 11 is 0. The Morgan fingerprint density at radius 2 is 1.30 bits per heavy atom. The number of hydrogen-bond donors (Lipinski definition) is 5. The van der Waals surface area contributed by atoms with Gasteiger partial charge in [0.1, 0.15) is 30.1 Å². The maximum atomic E-state index is 12.5. The van der Waals surface area contributed by atoms with Crippen LogP contribution in [-0.4, -0.2) is 114 Å². The third kappa shape index (κ3) is 12.2. The molecule has 2 amide bonds. The number of esters is 5. The maximum absolute atomic E-state index is 12.5. The van der Waals surface area contributed by atoms with E-state index in [1.807, 2.05) is 31.2 Å². The molecule has 2 aromatic carbocycles. The van der Waals surface area contributed by atoms with Gasteiger partial charge in [-0.25, -0.2) is 4.79 Å². The van der Waals surface area contributed by atoms with Crippen molar-refractivity contribution in [3.63, 3.8) is 0 Å². The van der Waals surface area contributed by atoms with E-state index < -0.39 is 98.4 Å². The number of hydrogen-bond acceptors (Lipinski definition) is 15. The molecule has 0 unspecified atom stereocenters. The maximum Gasteiger partial charge on any atom is 0.315 e. The molecule has 0 bridgehead atoms. The topological polar surface area (TPSA) is 243 Å². The summed E-state index contributed by atoms with van der Waals surface area (Å²) in [6, 6.07) is 10.2. The summed E-state index contributed by atoms with van der Waals surface area (Å²) in [6.45, 7) is 5.40. The Morgan fingerprint density at radius 1 is 0.741 bits per heavy atom. The Labute approximate surface area is 312 Å². The van der Waals surface area contributed by atoms with E-state index in [1.165, 1.54) is 13.8 Å². The molecule has 0 saturated carbocycles. The highest BCUT2D eigenvalue weighted by Gasteiger charge is 2.53. The van der Waals surface area contributed by atoms with Gasteiger partial charge in [0, 0.05) is 46.7 Å². The van der Waals surface area contributed by atoms with Gasteiger partial charge < -0.3 is 54.4 Å². The van der Waals surface area contributed by atoms with Gasteiger partial charge in [-0.1, -0.05) is 24.3 Å². The van der Waals surface area contributed by atoms with Crippen molar-refractivity contribution >= 4 is 35.9 Å². The highest BCUT2D eigenvalue weighted by atomic mass is 16.7. The molecule has 0 radical (unpaired) electrons. The van der Waals surface area contributed by atoms with Gasteiger partial charge in [-0.05, 0) is 54.2 Å². The van der Waals surface area contributed by atoms with E-state index >= 15 is 0 Å². The number of aliphatic hydroxyl groups excluding tert-OH is 3. The molecule has 0 aliphatic carbocycles. The van der Waals surface area contributed by atoms with Crippen LogP contribution in [0.2, 0.25) is 0 Å². The van der Waals surface area contributed by atoms with Crippen LogP contribution in [0.15, 0.2) is 36.4 Å². The lowest BCUT2D eigenvalue weighted by Crippen LogP contribution is -2.59. The van der Waals surface area contributed by atoms with E-state index in [0.29, 0.717) is 12.8 Å². The van der Waals surface area contributed by atoms with Gasteiger partial charge in [-0.15, -0.1) is 0 Å². The second-order valence-electron chi connectivity index (χ2n) is 12.9. The lowest BCUT2D eigenvalue weighted by Gasteiger charge is -2.44. The highest BCUT2D eigenvalue weighted by Crippen LogP contribution is 2.42. The van der Waals surface area contributed by atoms with Crippen LogP contribution in [0.5, 0.6) is 5.75 Å². The SMILES string of the molecule is CC(=O)OC[C@H]1O[C@@H](c2cc(Cc3ccc(CCNC(=O)NC(CO)(CO)CO)cc3)c(C)cc2OC(C)=O)[C@H](OC(C)=O)[C@@H](OC(C)=O)[C@@H]1OC(C)=O. The van der Waals surface area contributed by atoms with Gasteiger partial charge in [0.15, 0.2) is 18.3 Å². The number of nitrogens with one attached hydrogen (secondary N) is 2. The smallest absolute Gasteiger partial charge is 0.315 e. The fraction of sp³-hybridized carbons (Fsp3) is 0.514. The molecule has 3 rings (SSSR count). The second kappa shape index (κ2) is 19.8. The second-order valence-corrected chi connectivity index (χ2v) is 12.9. The van der Waals surface area contributed by atoms with Crippen molar-refractivity contribution in [2.24, 2.45) is 0 Å². The lowest BCUT2D eigenvalue weighted by atomic mass is 9.87. The number of ether oxygens (including phenoxy) is 6. The first-order valence-corrected chi connectivity index (χ1v) is 17.1. The van der Waals surface area contributed by atoms with Crippen molar-refractivity contribution in [2.75, 3.05) is 33.0 Å². The van der Waals surface area contributed by atoms with Crippen LogP contribution in [0.4, 0.5) is 4.79 Å². The predicted molar refractivity (Wildman–Crippen MR) is 187 cm³/mol. The summed E-state index contributed by atoms with van der Waals surface area (Å²) in [5.74, 6) is -3.61. The zero-order chi connectivity index (χ0) is 40.2. The van der Waals surface area contributed by atoms with Gasteiger partial charge >= 0.3 is 35.9 Å². The first-order chi connectivity index (χ1) is 25.5. The van der Waals surface area contributed by atoms with Crippen molar-refractivity contribution in [2.45, 2.75) is 90.4 Å². The van der Waals surface area contributed by atoms with E-state index in [0.717, 1.165) is 43.0 Å². The average Bonchev–Trinajstić information content (AvgIpc) is 3.09. The Morgan fingerprint density at radius 3 is 1.83 bits per heavy atom. The van der Waals surface area contributed by atoms with Crippen LogP contribution in [0.3, 0.4) is 0 Å². The third-order valence-corrected chi connectivity index (χ3v) is 8.42. The van der Waals surface area contributed by atoms with Crippen molar-refractivity contribution in [1.29, 1.82) is 0 Å². The molecule has 17 nitrogen and oxygen atoms in total. The molecular weight excluding hydrogens is 712 g/mol. The van der Waals surface area contributed by atoms with Gasteiger partial charge in [-0.3, -0.25) is 24.0 Å². The van der Waals surface area contributed by atoms with E-state index in [9.17, 15) is 44.1 Å². The third-order valence-electron chi connectivity index (χ3n) is 8.42. The summed E-state index contributed by atoms with van der Waals surface area (Å²) in [5.41, 5.74) is 1.92. The largest absolute Gasteiger partial charge is 0.463 e. The van der Waals surface area contributed by atoms with Crippen molar-refractivity contribution in [3.8, 4) is 5.75 Å². The van der Waals surface area contributed by atoms with Crippen LogP contribution in [0.25, 0.3) is 0 Å². The summed E-state index contributed by atoms with van der Waals surface area (Å²) in [6.07, 6.45) is -5.91. The average molecular weight is 761 g/mol. The molecule has 54 heavy (non-hydrogen) atoms. The van der Waals surface area contributed by atoms with Gasteiger partial charge in [0.2, 0.25) is 0 Å². The number of amides is 2. The summed E-state index contributed by atoms with van der Waals surface area (Å²) in [4.78, 5) is 73.3. The molecule has 17 heteroatoms. The van der Waals surface area contributed by atoms with Crippen LogP contribution >= 0.6 is 0 Å². The van der Waals surface area contributed by atoms with E-state index in [-0.39, 0.29) is 17.9 Å². The fourth-order valence-electron chi connectivity index (χ4n) is 5.80. The minimum absolute atomic E-state index is 0.0609. The summed E-state index contributed by atoms with van der Waals surface area (Å²) in [5, 5.41) is 33.3. The van der Waals surface area contributed by atoms with Crippen LogP contribution < -0.4 is 15.4 Å².